The van der Waals surface area contributed by atoms with Gasteiger partial charge in [-0.1, -0.05) is 0 Å². The number of hydrogen-bond acceptors (Lipinski definition) is 4. The molecule has 0 aliphatic carbocycles. The van der Waals surface area contributed by atoms with Gasteiger partial charge in [-0.2, -0.15) is 5.10 Å². The van der Waals surface area contributed by atoms with Gasteiger partial charge in [0.2, 0.25) is 0 Å². The fourth-order valence-electron chi connectivity index (χ4n) is 3.05. The molecule has 142 valence electrons. The first-order valence-electron chi connectivity index (χ1n) is 9.21. The molecule has 1 aliphatic heterocycles. The van der Waals surface area contributed by atoms with Crippen molar-refractivity contribution in [2.75, 3.05) is 46.6 Å². The summed E-state index contributed by atoms with van der Waals surface area (Å²) in [6, 6.07) is 0. The van der Waals surface area contributed by atoms with Crippen molar-refractivity contribution < 1.29 is 9.47 Å². The Hall–Kier alpha value is -1.60. The highest BCUT2D eigenvalue weighted by molar-refractivity contribution is 5.79. The number of aromatic nitrogens is 2. The van der Waals surface area contributed by atoms with E-state index >= 15 is 0 Å². The highest BCUT2D eigenvalue weighted by Crippen LogP contribution is 2.12. The number of guanidine groups is 1. The summed E-state index contributed by atoms with van der Waals surface area (Å²) in [7, 11) is 3.79. The van der Waals surface area contributed by atoms with E-state index in [-0.39, 0.29) is 0 Å². The Morgan fingerprint density at radius 2 is 2.16 bits per heavy atom. The van der Waals surface area contributed by atoms with Crippen LogP contribution in [-0.4, -0.2) is 62.3 Å². The molecule has 25 heavy (non-hydrogen) atoms. The molecule has 0 bridgehead atoms. The molecule has 2 N–H and O–H groups in total. The van der Waals surface area contributed by atoms with E-state index in [0.29, 0.717) is 5.92 Å². The maximum atomic E-state index is 5.71. The predicted octanol–water partition coefficient (Wildman–Crippen LogP) is 1.19. The van der Waals surface area contributed by atoms with E-state index in [1.54, 1.807) is 7.05 Å². The van der Waals surface area contributed by atoms with Gasteiger partial charge in [0.15, 0.2) is 5.96 Å². The third kappa shape index (κ3) is 6.32. The smallest absolute Gasteiger partial charge is 0.190 e. The van der Waals surface area contributed by atoms with E-state index in [1.807, 2.05) is 11.7 Å². The maximum Gasteiger partial charge on any atom is 0.190 e. The lowest BCUT2D eigenvalue weighted by molar-refractivity contribution is 0.0888. The summed E-state index contributed by atoms with van der Waals surface area (Å²) in [5.74, 6) is 1.42. The molecular formula is C18H33N5O2. The summed E-state index contributed by atoms with van der Waals surface area (Å²) in [5.41, 5.74) is 3.65. The zero-order chi connectivity index (χ0) is 18.1. The fourth-order valence-corrected chi connectivity index (χ4v) is 3.05. The van der Waals surface area contributed by atoms with Crippen LogP contribution in [0.3, 0.4) is 0 Å². The zero-order valence-corrected chi connectivity index (χ0v) is 16.1. The third-order valence-corrected chi connectivity index (χ3v) is 4.69. The van der Waals surface area contributed by atoms with Crippen molar-refractivity contribution in [2.24, 2.45) is 18.0 Å². The van der Waals surface area contributed by atoms with Crippen molar-refractivity contribution in [3.05, 3.63) is 17.0 Å². The molecule has 1 aromatic heterocycles. The Labute approximate surface area is 151 Å². The predicted molar refractivity (Wildman–Crippen MR) is 100 cm³/mol. The highest BCUT2D eigenvalue weighted by Gasteiger charge is 2.15. The number of aryl methyl sites for hydroxylation is 2. The molecule has 1 aromatic rings. The molecule has 1 atom stereocenters. The van der Waals surface area contributed by atoms with Gasteiger partial charge in [0.1, 0.15) is 0 Å². The Bertz CT molecular complexity index is 550. The molecule has 2 rings (SSSR count). The highest BCUT2D eigenvalue weighted by atomic mass is 16.5. The van der Waals surface area contributed by atoms with Crippen LogP contribution >= 0.6 is 0 Å². The van der Waals surface area contributed by atoms with Gasteiger partial charge >= 0.3 is 0 Å². The van der Waals surface area contributed by atoms with Crippen LogP contribution in [0.2, 0.25) is 0 Å². The van der Waals surface area contributed by atoms with Crippen LogP contribution in [0, 0.1) is 19.8 Å². The normalized spacial score (nSPS) is 17.9. The maximum absolute atomic E-state index is 5.71. The Morgan fingerprint density at radius 1 is 1.36 bits per heavy atom. The molecule has 1 saturated heterocycles. The van der Waals surface area contributed by atoms with E-state index in [4.69, 9.17) is 9.47 Å². The quantitative estimate of drug-likeness (QED) is 0.397. The third-order valence-electron chi connectivity index (χ3n) is 4.69. The van der Waals surface area contributed by atoms with Gasteiger partial charge in [-0.25, -0.2) is 0 Å². The second kappa shape index (κ2) is 10.4. The summed E-state index contributed by atoms with van der Waals surface area (Å²) in [4.78, 5) is 4.27. The fraction of sp³-hybridized carbons (Fsp3) is 0.778. The molecule has 7 heteroatoms. The minimum Gasteiger partial charge on any atom is -0.381 e. The van der Waals surface area contributed by atoms with Gasteiger partial charge in [-0.3, -0.25) is 9.67 Å². The summed E-state index contributed by atoms with van der Waals surface area (Å²) >= 11 is 0. The van der Waals surface area contributed by atoms with E-state index in [0.717, 1.165) is 70.4 Å². The second-order valence-corrected chi connectivity index (χ2v) is 6.61. The number of aliphatic imine (C=N–C) groups is 1. The number of nitrogens with one attached hydrogen (secondary N) is 2. The van der Waals surface area contributed by atoms with Crippen molar-refractivity contribution in [1.29, 1.82) is 0 Å². The lowest BCUT2D eigenvalue weighted by Crippen LogP contribution is -2.39. The molecule has 0 amide bonds. The topological polar surface area (TPSA) is 72.7 Å². The van der Waals surface area contributed by atoms with Crippen molar-refractivity contribution in [1.82, 2.24) is 20.4 Å². The van der Waals surface area contributed by atoms with E-state index in [9.17, 15) is 0 Å². The molecule has 0 saturated carbocycles. The van der Waals surface area contributed by atoms with Crippen LogP contribution in [0.1, 0.15) is 29.8 Å². The summed E-state index contributed by atoms with van der Waals surface area (Å²) in [5, 5.41) is 11.2. The van der Waals surface area contributed by atoms with Gasteiger partial charge in [-0.05, 0) is 38.7 Å². The first-order chi connectivity index (χ1) is 12.1. The second-order valence-electron chi connectivity index (χ2n) is 6.61. The number of rotatable bonds is 9. The first-order valence-corrected chi connectivity index (χ1v) is 9.21. The molecule has 0 radical (unpaired) electrons. The van der Waals surface area contributed by atoms with Crippen molar-refractivity contribution >= 4 is 5.96 Å². The molecule has 2 heterocycles. The molecule has 1 unspecified atom stereocenters. The SMILES string of the molecule is CN=C(NCCCOCC1CCOC1)NCCc1c(C)nn(C)c1C. The molecular weight excluding hydrogens is 318 g/mol. The number of nitrogens with zero attached hydrogens (tertiary/aromatic N) is 3. The average Bonchev–Trinajstić information content (AvgIpc) is 3.19. The number of hydrogen-bond donors (Lipinski definition) is 2. The molecule has 0 aromatic carbocycles. The summed E-state index contributed by atoms with van der Waals surface area (Å²) in [6.07, 6.45) is 3.04. The minimum absolute atomic E-state index is 0.585. The zero-order valence-electron chi connectivity index (χ0n) is 16.1. The van der Waals surface area contributed by atoms with Crippen molar-refractivity contribution in [3.8, 4) is 0 Å². The minimum atomic E-state index is 0.585. The van der Waals surface area contributed by atoms with Gasteiger partial charge in [-0.15, -0.1) is 0 Å². The van der Waals surface area contributed by atoms with Crippen molar-refractivity contribution in [2.45, 2.75) is 33.1 Å². The van der Waals surface area contributed by atoms with Gasteiger partial charge < -0.3 is 20.1 Å². The van der Waals surface area contributed by atoms with Crippen LogP contribution in [-0.2, 0) is 22.9 Å². The summed E-state index contributed by atoms with van der Waals surface area (Å²) in [6.45, 7) is 9.19. The van der Waals surface area contributed by atoms with E-state index < -0.39 is 0 Å². The lowest BCUT2D eigenvalue weighted by Gasteiger charge is -2.13. The molecule has 1 aliphatic rings. The molecule has 1 fully saturated rings. The van der Waals surface area contributed by atoms with Crippen molar-refractivity contribution in [3.63, 3.8) is 0 Å². The average molecular weight is 351 g/mol. The van der Waals surface area contributed by atoms with Gasteiger partial charge in [0.05, 0.1) is 18.9 Å². The first kappa shape index (κ1) is 19.7. The molecule has 0 spiro atoms. The van der Waals surface area contributed by atoms with E-state index in [1.165, 1.54) is 11.3 Å². The van der Waals surface area contributed by atoms with Crippen LogP contribution in [0.4, 0.5) is 0 Å². The van der Waals surface area contributed by atoms with E-state index in [2.05, 4.69) is 34.6 Å². The van der Waals surface area contributed by atoms with Gasteiger partial charge in [0, 0.05) is 52.0 Å². The van der Waals surface area contributed by atoms with Crippen LogP contribution in [0.15, 0.2) is 4.99 Å². The monoisotopic (exact) mass is 351 g/mol. The lowest BCUT2D eigenvalue weighted by atomic mass is 10.1. The van der Waals surface area contributed by atoms with Crippen LogP contribution in [0.5, 0.6) is 0 Å². The van der Waals surface area contributed by atoms with Crippen LogP contribution in [0.25, 0.3) is 0 Å². The van der Waals surface area contributed by atoms with Gasteiger partial charge in [0.25, 0.3) is 0 Å². The number of ether oxygens (including phenoxy) is 2. The Balaban J connectivity index is 1.56. The van der Waals surface area contributed by atoms with Crippen LogP contribution < -0.4 is 10.6 Å². The Morgan fingerprint density at radius 3 is 2.80 bits per heavy atom. The largest absolute Gasteiger partial charge is 0.381 e. The molecule has 7 nitrogen and oxygen atoms in total. The summed E-state index contributed by atoms with van der Waals surface area (Å²) < 4.78 is 13.0. The standard InChI is InChI=1S/C18H33N5O2/c1-14-17(15(2)23(4)22-14)6-9-21-18(19-3)20-8-5-10-24-12-16-7-11-25-13-16/h16H,5-13H2,1-4H3,(H2,19,20,21). The Kier molecular flexibility index (Phi) is 8.21.